The van der Waals surface area contributed by atoms with Gasteiger partial charge < -0.3 is 24.6 Å². The molecule has 2 fully saturated rings. The molecule has 0 amide bonds. The van der Waals surface area contributed by atoms with Crippen molar-refractivity contribution in [3.05, 3.63) is 94.3 Å². The van der Waals surface area contributed by atoms with Crippen LogP contribution in [0, 0.1) is 11.7 Å². The molecule has 3 aromatic rings. The summed E-state index contributed by atoms with van der Waals surface area (Å²) in [4.78, 5) is 2.22. The number of rotatable bonds is 8. The molecule has 5 rings (SSSR count). The van der Waals surface area contributed by atoms with Crippen molar-refractivity contribution in [2.45, 2.75) is 51.4 Å². The third-order valence-electron chi connectivity index (χ3n) is 6.98. The maximum Gasteiger partial charge on any atom is 0.123 e. The van der Waals surface area contributed by atoms with E-state index >= 15 is 0 Å². The van der Waals surface area contributed by atoms with E-state index in [9.17, 15) is 14.6 Å². The van der Waals surface area contributed by atoms with Crippen molar-refractivity contribution in [2.75, 3.05) is 31.2 Å². The van der Waals surface area contributed by atoms with E-state index in [1.165, 1.54) is 12.1 Å². The minimum atomic E-state index is -0.488. The van der Waals surface area contributed by atoms with Crippen LogP contribution in [0.1, 0.15) is 49.5 Å². The van der Waals surface area contributed by atoms with Gasteiger partial charge in [0.2, 0.25) is 0 Å². The van der Waals surface area contributed by atoms with Gasteiger partial charge in [-0.25, -0.2) is 4.39 Å². The summed E-state index contributed by atoms with van der Waals surface area (Å²) in [5, 5.41) is 20.3. The highest BCUT2D eigenvalue weighted by molar-refractivity contribution is 6.31. The van der Waals surface area contributed by atoms with Gasteiger partial charge in [-0.15, -0.1) is 0 Å². The molecule has 2 aliphatic rings. The Labute approximate surface area is 229 Å². The molecule has 0 spiro atoms. The lowest BCUT2D eigenvalue weighted by atomic mass is 9.94. The molecule has 0 radical (unpaired) electrons. The standard InChI is InChI=1S/C29H31ClFNO4.C2H6/c30-28-10-3-21(29-14-25(34)13-27(17-33)36-29)12-22(28)11-19-1-8-26(9-2-19)35-18-20-15-32(16-20)24-6-4-23(31)5-7-24;1-2/h1-10,12,20,25,27,29,33-34H,11,13-18H2;1-2H3. The number of ether oxygens (including phenoxy) is 2. The average Bonchev–Trinajstić information content (AvgIpc) is 2.91. The van der Waals surface area contributed by atoms with E-state index in [1.807, 2.05) is 68.4 Å². The van der Waals surface area contributed by atoms with Crippen molar-refractivity contribution in [3.63, 3.8) is 0 Å². The predicted octanol–water partition coefficient (Wildman–Crippen LogP) is 6.18. The maximum absolute atomic E-state index is 13.1. The summed E-state index contributed by atoms with van der Waals surface area (Å²) in [6.45, 7) is 6.35. The summed E-state index contributed by atoms with van der Waals surface area (Å²) in [5.41, 5.74) is 4.11. The molecule has 3 unspecified atom stereocenters. The van der Waals surface area contributed by atoms with Crippen LogP contribution in [0.2, 0.25) is 5.02 Å². The highest BCUT2D eigenvalue weighted by Crippen LogP contribution is 2.34. The van der Waals surface area contributed by atoms with E-state index in [0.29, 0.717) is 36.8 Å². The highest BCUT2D eigenvalue weighted by atomic mass is 35.5. The molecule has 2 N–H and O–H groups in total. The monoisotopic (exact) mass is 541 g/mol. The number of nitrogens with zero attached hydrogens (tertiary/aromatic N) is 1. The fourth-order valence-corrected chi connectivity index (χ4v) is 5.11. The average molecular weight is 542 g/mol. The second-order valence-corrected chi connectivity index (χ2v) is 10.2. The van der Waals surface area contributed by atoms with Crippen LogP contribution in [0.5, 0.6) is 5.75 Å². The Morgan fingerprint density at radius 3 is 2.39 bits per heavy atom. The Bertz CT molecular complexity index is 1150. The molecule has 2 aliphatic heterocycles. The van der Waals surface area contributed by atoms with Crippen LogP contribution in [-0.2, 0) is 11.2 Å². The first-order valence-corrected chi connectivity index (χ1v) is 13.8. The van der Waals surface area contributed by atoms with E-state index in [-0.39, 0.29) is 24.6 Å². The van der Waals surface area contributed by atoms with Gasteiger partial charge >= 0.3 is 0 Å². The molecule has 2 saturated heterocycles. The van der Waals surface area contributed by atoms with Crippen molar-refractivity contribution >= 4 is 17.3 Å². The topological polar surface area (TPSA) is 62.2 Å². The predicted molar refractivity (Wildman–Crippen MR) is 150 cm³/mol. The lowest BCUT2D eigenvalue weighted by Crippen LogP contribution is -2.49. The van der Waals surface area contributed by atoms with Crippen LogP contribution in [0.25, 0.3) is 0 Å². The van der Waals surface area contributed by atoms with Gasteiger partial charge in [-0.1, -0.05) is 49.7 Å². The van der Waals surface area contributed by atoms with Crippen molar-refractivity contribution in [2.24, 2.45) is 5.92 Å². The van der Waals surface area contributed by atoms with Gasteiger partial charge in [-0.3, -0.25) is 0 Å². The molecule has 3 aromatic carbocycles. The molecule has 0 aromatic heterocycles. The lowest BCUT2D eigenvalue weighted by Gasteiger charge is -2.40. The minimum absolute atomic E-state index is 0.102. The summed E-state index contributed by atoms with van der Waals surface area (Å²) in [5.74, 6) is 1.06. The minimum Gasteiger partial charge on any atom is -0.493 e. The van der Waals surface area contributed by atoms with E-state index in [2.05, 4.69) is 4.90 Å². The third-order valence-corrected chi connectivity index (χ3v) is 7.34. The van der Waals surface area contributed by atoms with Crippen molar-refractivity contribution in [1.82, 2.24) is 0 Å². The Morgan fingerprint density at radius 2 is 1.71 bits per heavy atom. The number of halogens is 2. The Balaban J connectivity index is 0.00000164. The summed E-state index contributed by atoms with van der Waals surface area (Å²) >= 11 is 6.49. The second kappa shape index (κ2) is 13.4. The van der Waals surface area contributed by atoms with Gasteiger partial charge in [0, 0.05) is 42.6 Å². The maximum atomic E-state index is 13.1. The van der Waals surface area contributed by atoms with Gasteiger partial charge in [0.05, 0.1) is 31.5 Å². The number of anilines is 1. The zero-order valence-corrected chi connectivity index (χ0v) is 22.8. The van der Waals surface area contributed by atoms with Crippen LogP contribution in [0.4, 0.5) is 10.1 Å². The summed E-state index contributed by atoms with van der Waals surface area (Å²) in [7, 11) is 0. The number of aliphatic hydroxyl groups excluding tert-OH is 2. The number of hydrogen-bond donors (Lipinski definition) is 2. The largest absolute Gasteiger partial charge is 0.493 e. The Kier molecular flexibility index (Phi) is 10.0. The Hall–Kier alpha value is -2.64. The first kappa shape index (κ1) is 28.4. The van der Waals surface area contributed by atoms with Crippen LogP contribution in [0.3, 0.4) is 0 Å². The molecule has 3 atom stereocenters. The molecule has 2 heterocycles. The van der Waals surface area contributed by atoms with Crippen molar-refractivity contribution in [1.29, 1.82) is 0 Å². The van der Waals surface area contributed by atoms with E-state index in [0.717, 1.165) is 41.2 Å². The fraction of sp³-hybridized carbons (Fsp3) is 0.419. The van der Waals surface area contributed by atoms with Crippen LogP contribution in [0.15, 0.2) is 66.7 Å². The van der Waals surface area contributed by atoms with Crippen LogP contribution < -0.4 is 9.64 Å². The zero-order valence-electron chi connectivity index (χ0n) is 22.0. The van der Waals surface area contributed by atoms with Gasteiger partial charge in [-0.2, -0.15) is 0 Å². The van der Waals surface area contributed by atoms with E-state index < -0.39 is 6.10 Å². The Morgan fingerprint density at radius 1 is 1.00 bits per heavy atom. The van der Waals surface area contributed by atoms with Gasteiger partial charge in [0.15, 0.2) is 0 Å². The number of benzene rings is 3. The SMILES string of the molecule is CC.OCC1CC(O)CC(c2ccc(Cl)c(Cc3ccc(OCC4CN(c5ccc(F)cc5)C4)cc3)c2)O1. The fourth-order valence-electron chi connectivity index (χ4n) is 4.93. The summed E-state index contributed by atoms with van der Waals surface area (Å²) < 4.78 is 25.1. The summed E-state index contributed by atoms with van der Waals surface area (Å²) in [6.07, 6.45) is 0.528. The van der Waals surface area contributed by atoms with Crippen LogP contribution in [-0.4, -0.2) is 48.7 Å². The molecule has 7 heteroatoms. The van der Waals surface area contributed by atoms with Crippen LogP contribution >= 0.6 is 11.6 Å². The van der Waals surface area contributed by atoms with Crippen molar-refractivity contribution in [3.8, 4) is 5.75 Å². The lowest BCUT2D eigenvalue weighted by molar-refractivity contribution is -0.113. The first-order valence-electron chi connectivity index (χ1n) is 13.4. The molecule has 5 nitrogen and oxygen atoms in total. The molecule has 204 valence electrons. The normalized spacial score (nSPS) is 21.3. The number of hydrogen-bond acceptors (Lipinski definition) is 5. The zero-order chi connectivity index (χ0) is 27.1. The highest BCUT2D eigenvalue weighted by Gasteiger charge is 2.29. The molecule has 0 bridgehead atoms. The number of aliphatic hydroxyl groups is 2. The smallest absolute Gasteiger partial charge is 0.123 e. The second-order valence-electron chi connectivity index (χ2n) is 9.78. The summed E-state index contributed by atoms with van der Waals surface area (Å²) in [6, 6.07) is 20.5. The van der Waals surface area contributed by atoms with Crippen molar-refractivity contribution < 1.29 is 24.1 Å². The van der Waals surface area contributed by atoms with Gasteiger partial charge in [0.25, 0.3) is 0 Å². The quantitative estimate of drug-likeness (QED) is 0.356. The molecule has 0 saturated carbocycles. The van der Waals surface area contributed by atoms with Gasteiger partial charge in [0.1, 0.15) is 11.6 Å². The first-order chi connectivity index (χ1) is 18.5. The van der Waals surface area contributed by atoms with E-state index in [4.69, 9.17) is 21.1 Å². The molecule has 38 heavy (non-hydrogen) atoms. The third kappa shape index (κ3) is 7.26. The van der Waals surface area contributed by atoms with E-state index in [1.54, 1.807) is 0 Å². The molecular weight excluding hydrogens is 505 g/mol. The molecule has 0 aliphatic carbocycles. The van der Waals surface area contributed by atoms with Gasteiger partial charge in [-0.05, 0) is 65.6 Å². The molecular formula is C31H37ClFNO4.